The number of carbonyl (C=O) groups excluding carboxylic acids is 2. The van der Waals surface area contributed by atoms with E-state index < -0.39 is 20.9 Å². The maximum atomic E-state index is 13.2. The van der Waals surface area contributed by atoms with Gasteiger partial charge < -0.3 is 15.0 Å². The Morgan fingerprint density at radius 1 is 0.840 bits per heavy atom. The van der Waals surface area contributed by atoms with Crippen LogP contribution >= 0.6 is 0 Å². The fraction of sp³-hybridized carbons (Fsp3) is 0.447. The Morgan fingerprint density at radius 2 is 1.40 bits per heavy atom. The zero-order chi connectivity index (χ0) is 35.1. The van der Waals surface area contributed by atoms with Gasteiger partial charge in [-0.25, -0.2) is 8.42 Å². The SMILES string of the molecule is CCCCCCCCCCCCCCCCOc1ccc(S(=O)(=O)[O-])cc1N(C1=NN(c2ccccc2)C(=O)C1)c1ccc(C(N)=O)cc1.[Na+]. The van der Waals surface area contributed by atoms with Crippen molar-refractivity contribution in [2.24, 2.45) is 10.8 Å². The van der Waals surface area contributed by atoms with Gasteiger partial charge in [0, 0.05) is 11.3 Å². The summed E-state index contributed by atoms with van der Waals surface area (Å²) < 4.78 is 42.6. The number of primary amides is 1. The zero-order valence-corrected chi connectivity index (χ0v) is 32.3. The molecule has 4 rings (SSSR count). The van der Waals surface area contributed by atoms with E-state index in [4.69, 9.17) is 10.5 Å². The van der Waals surface area contributed by atoms with Gasteiger partial charge in [-0.15, -0.1) is 0 Å². The van der Waals surface area contributed by atoms with Crippen molar-refractivity contribution in [2.75, 3.05) is 16.5 Å². The Morgan fingerprint density at radius 3 is 1.94 bits per heavy atom. The van der Waals surface area contributed by atoms with Crippen molar-refractivity contribution < 1.29 is 56.9 Å². The van der Waals surface area contributed by atoms with Crippen molar-refractivity contribution in [1.82, 2.24) is 0 Å². The minimum absolute atomic E-state index is 0. The third-order valence-corrected chi connectivity index (χ3v) is 9.48. The predicted molar refractivity (Wildman–Crippen MR) is 193 cm³/mol. The average molecular weight is 713 g/mol. The van der Waals surface area contributed by atoms with Gasteiger partial charge in [0.15, 0.2) is 0 Å². The van der Waals surface area contributed by atoms with Crippen LogP contribution in [0, 0.1) is 0 Å². The molecule has 0 atom stereocenters. The molecule has 3 aromatic carbocycles. The molecule has 0 spiro atoms. The van der Waals surface area contributed by atoms with E-state index in [-0.39, 0.29) is 59.0 Å². The Labute approximate surface area is 319 Å². The summed E-state index contributed by atoms with van der Waals surface area (Å²) in [5.74, 6) is -0.298. The van der Waals surface area contributed by atoms with Crippen LogP contribution in [0.15, 0.2) is 82.8 Å². The molecule has 264 valence electrons. The van der Waals surface area contributed by atoms with Crippen LogP contribution in [0.2, 0.25) is 0 Å². The fourth-order valence-electron chi connectivity index (χ4n) is 5.94. The van der Waals surface area contributed by atoms with Crippen molar-refractivity contribution in [2.45, 2.75) is 108 Å². The number of nitrogens with two attached hydrogens (primary N) is 1. The average Bonchev–Trinajstić information content (AvgIpc) is 3.47. The number of para-hydroxylation sites is 1. The normalized spacial score (nSPS) is 12.8. The molecular formula is C38H49N4NaO6S. The van der Waals surface area contributed by atoms with Gasteiger partial charge in [0.1, 0.15) is 21.7 Å². The smallest absolute Gasteiger partial charge is 0.744 e. The molecule has 10 nitrogen and oxygen atoms in total. The summed E-state index contributed by atoms with van der Waals surface area (Å²) in [5, 5.41) is 5.89. The molecule has 0 radical (unpaired) electrons. The molecule has 0 aliphatic carbocycles. The summed E-state index contributed by atoms with van der Waals surface area (Å²) in [6.07, 6.45) is 17.2. The van der Waals surface area contributed by atoms with E-state index in [9.17, 15) is 22.6 Å². The third-order valence-electron chi connectivity index (χ3n) is 8.65. The number of amidine groups is 1. The summed E-state index contributed by atoms with van der Waals surface area (Å²) in [4.78, 5) is 26.1. The molecule has 1 aliphatic heterocycles. The van der Waals surface area contributed by atoms with E-state index in [1.165, 1.54) is 106 Å². The van der Waals surface area contributed by atoms with Gasteiger partial charge in [0.25, 0.3) is 5.91 Å². The second-order valence-electron chi connectivity index (χ2n) is 12.5. The van der Waals surface area contributed by atoms with Gasteiger partial charge in [-0.3, -0.25) is 14.5 Å². The second-order valence-corrected chi connectivity index (χ2v) is 13.9. The van der Waals surface area contributed by atoms with Gasteiger partial charge in [-0.05, 0) is 61.0 Å². The zero-order valence-electron chi connectivity index (χ0n) is 29.5. The van der Waals surface area contributed by atoms with Crippen LogP contribution in [0.3, 0.4) is 0 Å². The Hall–Kier alpha value is -3.22. The first-order valence-corrected chi connectivity index (χ1v) is 19.0. The van der Waals surface area contributed by atoms with Crippen LogP contribution in [0.25, 0.3) is 0 Å². The first-order chi connectivity index (χ1) is 23.7. The monoisotopic (exact) mass is 712 g/mol. The van der Waals surface area contributed by atoms with E-state index in [0.29, 0.717) is 23.7 Å². The molecule has 2 amide bonds. The van der Waals surface area contributed by atoms with E-state index in [1.807, 2.05) is 6.07 Å². The molecule has 0 saturated carbocycles. The number of anilines is 3. The second kappa shape index (κ2) is 21.2. The van der Waals surface area contributed by atoms with Gasteiger partial charge in [-0.1, -0.05) is 109 Å². The summed E-state index contributed by atoms with van der Waals surface area (Å²) in [7, 11) is -4.83. The van der Waals surface area contributed by atoms with Crippen molar-refractivity contribution in [1.29, 1.82) is 0 Å². The number of amides is 2. The number of hydrogen-bond donors (Lipinski definition) is 1. The van der Waals surface area contributed by atoms with Gasteiger partial charge in [0.2, 0.25) is 5.91 Å². The molecule has 1 heterocycles. The molecule has 12 heteroatoms. The quantitative estimate of drug-likeness (QED) is 0.0880. The number of carbonyl (C=O) groups is 2. The Balaban J connectivity index is 0.00000676. The molecular weight excluding hydrogens is 663 g/mol. The maximum Gasteiger partial charge on any atom is 1.00 e. The first-order valence-electron chi connectivity index (χ1n) is 17.6. The molecule has 1 aliphatic rings. The van der Waals surface area contributed by atoms with Crippen LogP contribution in [-0.4, -0.2) is 37.2 Å². The van der Waals surface area contributed by atoms with Crippen LogP contribution in [0.5, 0.6) is 5.75 Å². The fourth-order valence-corrected chi connectivity index (χ4v) is 6.43. The molecule has 0 bridgehead atoms. The van der Waals surface area contributed by atoms with Crippen molar-refractivity contribution >= 4 is 44.8 Å². The van der Waals surface area contributed by atoms with Crippen molar-refractivity contribution in [3.63, 3.8) is 0 Å². The Kier molecular flexibility index (Phi) is 17.5. The van der Waals surface area contributed by atoms with Crippen LogP contribution < -0.4 is 49.9 Å². The number of ether oxygens (including phenoxy) is 1. The van der Waals surface area contributed by atoms with Crippen molar-refractivity contribution in [3.05, 3.63) is 78.4 Å². The Bertz CT molecular complexity index is 1650. The molecule has 0 fully saturated rings. The summed E-state index contributed by atoms with van der Waals surface area (Å²) in [6.45, 7) is 2.63. The summed E-state index contributed by atoms with van der Waals surface area (Å²) >= 11 is 0. The number of hydrazone groups is 1. The number of unbranched alkanes of at least 4 members (excludes halogenated alkanes) is 13. The van der Waals surface area contributed by atoms with Gasteiger partial charge in [0.05, 0.1) is 29.3 Å². The minimum Gasteiger partial charge on any atom is -0.744 e. The van der Waals surface area contributed by atoms with Crippen molar-refractivity contribution in [3.8, 4) is 5.75 Å². The van der Waals surface area contributed by atoms with E-state index in [1.54, 1.807) is 41.3 Å². The largest absolute Gasteiger partial charge is 1.00 e. The van der Waals surface area contributed by atoms with E-state index >= 15 is 0 Å². The van der Waals surface area contributed by atoms with Gasteiger partial charge in [-0.2, -0.15) is 10.1 Å². The standard InChI is InChI=1S/C38H50N4O6S.Na/c1-2-3-4-5-6-7-8-9-10-11-12-13-14-18-27-48-35-26-25-33(49(45,46)47)28-34(35)41(31-23-21-30(22-24-31)38(39)44)36-29-37(43)42(40-36)32-19-16-15-17-20-32;/h15-17,19-26,28H,2-14,18,27,29H2,1H3,(H2,39,44)(H,45,46,47);/q;+1/p-1. The first kappa shape index (κ1) is 41.2. The molecule has 50 heavy (non-hydrogen) atoms. The molecule has 2 N–H and O–H groups in total. The topological polar surface area (TPSA) is 145 Å². The predicted octanol–water partition coefficient (Wildman–Crippen LogP) is 5.44. The van der Waals surface area contributed by atoms with Crippen LogP contribution in [0.4, 0.5) is 17.1 Å². The van der Waals surface area contributed by atoms with E-state index in [0.717, 1.165) is 19.3 Å². The van der Waals surface area contributed by atoms with Gasteiger partial charge >= 0.3 is 29.6 Å². The molecule has 3 aromatic rings. The maximum absolute atomic E-state index is 13.2. The minimum atomic E-state index is -4.83. The number of benzene rings is 3. The number of rotatable bonds is 21. The van der Waals surface area contributed by atoms with Crippen LogP contribution in [-0.2, 0) is 14.9 Å². The molecule has 0 saturated heterocycles. The van der Waals surface area contributed by atoms with E-state index in [2.05, 4.69) is 12.0 Å². The van der Waals surface area contributed by atoms with Crippen LogP contribution in [0.1, 0.15) is 114 Å². The summed E-state index contributed by atoms with van der Waals surface area (Å²) in [5.41, 5.74) is 7.00. The number of nitrogens with zero attached hydrogens (tertiary/aromatic N) is 3. The third kappa shape index (κ3) is 12.5. The number of hydrogen-bond acceptors (Lipinski definition) is 8. The molecule has 0 aromatic heterocycles. The molecule has 0 unspecified atom stereocenters. The summed E-state index contributed by atoms with van der Waals surface area (Å²) in [6, 6.07) is 19.1.